The number of rotatable bonds is 4. The van der Waals surface area contributed by atoms with Gasteiger partial charge in [0.15, 0.2) is 0 Å². The van der Waals surface area contributed by atoms with Crippen LogP contribution in [0.15, 0.2) is 12.4 Å². The summed E-state index contributed by atoms with van der Waals surface area (Å²) in [6, 6.07) is 0. The van der Waals surface area contributed by atoms with Crippen LogP contribution >= 0.6 is 0 Å². The summed E-state index contributed by atoms with van der Waals surface area (Å²) in [4.78, 5) is 22.6. The molecule has 0 spiro atoms. The van der Waals surface area contributed by atoms with Crippen molar-refractivity contribution < 1.29 is 9.53 Å². The number of nitrogens with zero attached hydrogens (tertiary/aromatic N) is 3. The van der Waals surface area contributed by atoms with Crippen LogP contribution in [0, 0.1) is 0 Å². The van der Waals surface area contributed by atoms with Gasteiger partial charge in [0.1, 0.15) is 11.5 Å². The standard InChI is InChI=1S/C14H22N4O2/c1-4-5-15-13-7-16-12(6-17-13)14(19)18-8-10(2)20-11(3)9-18/h6-7,10-11H,4-5,8-9H2,1-3H3,(H,15,17)/t10-,11+. The monoisotopic (exact) mass is 278 g/mol. The van der Waals surface area contributed by atoms with E-state index in [2.05, 4.69) is 22.2 Å². The third kappa shape index (κ3) is 3.66. The van der Waals surface area contributed by atoms with Crippen molar-refractivity contribution in [1.29, 1.82) is 0 Å². The molecule has 1 aliphatic heterocycles. The second kappa shape index (κ2) is 6.65. The van der Waals surface area contributed by atoms with E-state index in [9.17, 15) is 4.79 Å². The Morgan fingerprint density at radius 3 is 2.60 bits per heavy atom. The topological polar surface area (TPSA) is 67.4 Å². The molecule has 6 heteroatoms. The summed E-state index contributed by atoms with van der Waals surface area (Å²) in [5.74, 6) is 0.619. The minimum atomic E-state index is -0.0819. The molecule has 1 aromatic rings. The number of hydrogen-bond donors (Lipinski definition) is 1. The quantitative estimate of drug-likeness (QED) is 0.905. The second-order valence-corrected chi connectivity index (χ2v) is 5.18. The van der Waals surface area contributed by atoms with Crippen molar-refractivity contribution in [1.82, 2.24) is 14.9 Å². The van der Waals surface area contributed by atoms with Crippen LogP contribution in [-0.4, -0.2) is 52.6 Å². The van der Waals surface area contributed by atoms with Crippen LogP contribution in [-0.2, 0) is 4.74 Å². The Balaban J connectivity index is 2.01. The lowest BCUT2D eigenvalue weighted by atomic mass is 10.2. The number of hydrogen-bond acceptors (Lipinski definition) is 5. The van der Waals surface area contributed by atoms with Gasteiger partial charge in [0.25, 0.3) is 5.91 Å². The highest BCUT2D eigenvalue weighted by Gasteiger charge is 2.27. The van der Waals surface area contributed by atoms with Crippen molar-refractivity contribution in [2.24, 2.45) is 0 Å². The maximum absolute atomic E-state index is 12.4. The highest BCUT2D eigenvalue weighted by molar-refractivity contribution is 5.92. The molecule has 0 aliphatic carbocycles. The van der Waals surface area contributed by atoms with E-state index in [-0.39, 0.29) is 18.1 Å². The number of nitrogens with one attached hydrogen (secondary N) is 1. The predicted molar refractivity (Wildman–Crippen MR) is 76.7 cm³/mol. The second-order valence-electron chi connectivity index (χ2n) is 5.18. The Bertz CT molecular complexity index is 439. The molecule has 0 bridgehead atoms. The van der Waals surface area contributed by atoms with E-state index in [1.807, 2.05) is 13.8 Å². The van der Waals surface area contributed by atoms with Crippen LogP contribution in [0.25, 0.3) is 0 Å². The normalized spacial score (nSPS) is 22.6. The van der Waals surface area contributed by atoms with Crippen molar-refractivity contribution in [2.75, 3.05) is 25.0 Å². The maximum Gasteiger partial charge on any atom is 0.274 e. The Kier molecular flexibility index (Phi) is 4.89. The molecule has 20 heavy (non-hydrogen) atoms. The summed E-state index contributed by atoms with van der Waals surface area (Å²) in [5, 5.41) is 3.14. The predicted octanol–water partition coefficient (Wildman–Crippen LogP) is 1.55. The van der Waals surface area contributed by atoms with E-state index in [0.717, 1.165) is 13.0 Å². The van der Waals surface area contributed by atoms with Crippen LogP contribution in [0.1, 0.15) is 37.7 Å². The van der Waals surface area contributed by atoms with Crippen LogP contribution in [0.3, 0.4) is 0 Å². The van der Waals surface area contributed by atoms with Crippen molar-refractivity contribution in [3.8, 4) is 0 Å². The van der Waals surface area contributed by atoms with E-state index in [1.54, 1.807) is 11.1 Å². The third-order valence-corrected chi connectivity index (χ3v) is 3.13. The molecular weight excluding hydrogens is 256 g/mol. The highest BCUT2D eigenvalue weighted by Crippen LogP contribution is 2.13. The lowest BCUT2D eigenvalue weighted by molar-refractivity contribution is -0.0587. The zero-order chi connectivity index (χ0) is 14.5. The minimum absolute atomic E-state index is 0.0566. The van der Waals surface area contributed by atoms with Gasteiger partial charge in [-0.1, -0.05) is 6.92 Å². The third-order valence-electron chi connectivity index (χ3n) is 3.13. The van der Waals surface area contributed by atoms with Gasteiger partial charge >= 0.3 is 0 Å². The van der Waals surface area contributed by atoms with Crippen molar-refractivity contribution >= 4 is 11.7 Å². The largest absolute Gasteiger partial charge is 0.372 e. The summed E-state index contributed by atoms with van der Waals surface area (Å²) < 4.78 is 5.63. The first kappa shape index (κ1) is 14.7. The Hall–Kier alpha value is -1.69. The fourth-order valence-electron chi connectivity index (χ4n) is 2.29. The molecule has 2 rings (SSSR count). The van der Waals surface area contributed by atoms with Gasteiger partial charge in [0.2, 0.25) is 0 Å². The number of carbonyl (C=O) groups excluding carboxylic acids is 1. The fourth-order valence-corrected chi connectivity index (χ4v) is 2.29. The lowest BCUT2D eigenvalue weighted by Gasteiger charge is -2.35. The molecule has 1 fully saturated rings. The van der Waals surface area contributed by atoms with Crippen LogP contribution in [0.5, 0.6) is 0 Å². The van der Waals surface area contributed by atoms with Gasteiger partial charge in [-0.2, -0.15) is 0 Å². The van der Waals surface area contributed by atoms with Gasteiger partial charge in [-0.3, -0.25) is 4.79 Å². The van der Waals surface area contributed by atoms with Crippen LogP contribution < -0.4 is 5.32 Å². The number of anilines is 1. The van der Waals surface area contributed by atoms with Crippen molar-refractivity contribution in [2.45, 2.75) is 39.4 Å². The Labute approximate surface area is 119 Å². The average Bonchev–Trinajstić information content (AvgIpc) is 2.44. The molecule has 0 saturated carbocycles. The van der Waals surface area contributed by atoms with E-state index < -0.39 is 0 Å². The molecular formula is C14H22N4O2. The van der Waals surface area contributed by atoms with E-state index in [1.165, 1.54) is 6.20 Å². The Morgan fingerprint density at radius 1 is 1.35 bits per heavy atom. The molecule has 0 unspecified atom stereocenters. The van der Waals surface area contributed by atoms with E-state index in [4.69, 9.17) is 4.74 Å². The Morgan fingerprint density at radius 2 is 2.05 bits per heavy atom. The first-order chi connectivity index (χ1) is 9.60. The van der Waals surface area contributed by atoms with Gasteiger partial charge < -0.3 is 15.0 Å². The van der Waals surface area contributed by atoms with Gasteiger partial charge in [-0.05, 0) is 20.3 Å². The summed E-state index contributed by atoms with van der Waals surface area (Å²) in [6.07, 6.45) is 4.27. The summed E-state index contributed by atoms with van der Waals surface area (Å²) in [5.41, 5.74) is 0.383. The highest BCUT2D eigenvalue weighted by atomic mass is 16.5. The molecule has 1 N–H and O–H groups in total. The smallest absolute Gasteiger partial charge is 0.274 e. The molecule has 2 atom stereocenters. The fraction of sp³-hybridized carbons (Fsp3) is 0.643. The van der Waals surface area contributed by atoms with Crippen molar-refractivity contribution in [3.05, 3.63) is 18.1 Å². The number of ether oxygens (including phenoxy) is 1. The van der Waals surface area contributed by atoms with Crippen LogP contribution in [0.4, 0.5) is 5.82 Å². The molecule has 1 saturated heterocycles. The van der Waals surface area contributed by atoms with Gasteiger partial charge in [0.05, 0.1) is 24.6 Å². The molecule has 110 valence electrons. The molecule has 1 aliphatic rings. The van der Waals surface area contributed by atoms with Crippen molar-refractivity contribution in [3.63, 3.8) is 0 Å². The van der Waals surface area contributed by atoms with E-state index in [0.29, 0.717) is 24.6 Å². The SMILES string of the molecule is CCCNc1cnc(C(=O)N2C[C@@H](C)O[C@@H](C)C2)cn1. The molecule has 1 aromatic heterocycles. The molecule has 2 heterocycles. The summed E-state index contributed by atoms with van der Waals surface area (Å²) in [6.45, 7) is 8.07. The molecule has 0 radical (unpaired) electrons. The molecule has 1 amide bonds. The number of aromatic nitrogens is 2. The van der Waals surface area contributed by atoms with Gasteiger partial charge in [-0.15, -0.1) is 0 Å². The summed E-state index contributed by atoms with van der Waals surface area (Å²) >= 11 is 0. The zero-order valence-electron chi connectivity index (χ0n) is 12.3. The summed E-state index contributed by atoms with van der Waals surface area (Å²) in [7, 11) is 0. The minimum Gasteiger partial charge on any atom is -0.372 e. The zero-order valence-corrected chi connectivity index (χ0v) is 12.3. The number of morpholine rings is 1. The average molecular weight is 278 g/mol. The first-order valence-corrected chi connectivity index (χ1v) is 7.10. The maximum atomic E-state index is 12.4. The first-order valence-electron chi connectivity index (χ1n) is 7.10. The van der Waals surface area contributed by atoms with Gasteiger partial charge in [-0.25, -0.2) is 9.97 Å². The number of carbonyl (C=O) groups is 1. The van der Waals surface area contributed by atoms with E-state index >= 15 is 0 Å². The molecule has 0 aromatic carbocycles. The lowest BCUT2D eigenvalue weighted by Crippen LogP contribution is -2.48. The molecule has 6 nitrogen and oxygen atoms in total. The van der Waals surface area contributed by atoms with Gasteiger partial charge in [0, 0.05) is 19.6 Å². The number of amides is 1. The van der Waals surface area contributed by atoms with Crippen LogP contribution in [0.2, 0.25) is 0 Å².